The molecule has 0 aliphatic carbocycles. The second kappa shape index (κ2) is 6.68. The summed E-state index contributed by atoms with van der Waals surface area (Å²) < 4.78 is 34.5. The molecular weight excluding hydrogens is 342 g/mol. The van der Waals surface area contributed by atoms with Gasteiger partial charge in [-0.2, -0.15) is 8.78 Å². The average Bonchev–Trinajstić information content (AvgIpc) is 2.67. The standard InChI is InChI=1S/C19H16F2N2O3/c1-26-18-14(15(22)12-9-5-6-10-13(12)23-18)17(25)19(20,21)16(24)11-7-3-2-4-8-11/h2-10,16,24H,1H3,(H2,22,23). The van der Waals surface area contributed by atoms with Crippen LogP contribution in [0, 0.1) is 0 Å². The number of carbonyl (C=O) groups is 1. The van der Waals surface area contributed by atoms with Gasteiger partial charge in [0.05, 0.1) is 18.3 Å². The number of pyridine rings is 1. The van der Waals surface area contributed by atoms with Crippen molar-refractivity contribution in [3.63, 3.8) is 0 Å². The van der Waals surface area contributed by atoms with Crippen molar-refractivity contribution in [3.05, 3.63) is 65.7 Å². The molecule has 0 saturated carbocycles. The number of nitrogens with zero attached hydrogens (tertiary/aromatic N) is 1. The number of nitrogen functional groups attached to an aromatic ring is 1. The number of methoxy groups -OCH3 is 1. The van der Waals surface area contributed by atoms with E-state index in [1.54, 1.807) is 30.3 Å². The zero-order chi connectivity index (χ0) is 18.9. The zero-order valence-electron chi connectivity index (χ0n) is 13.8. The van der Waals surface area contributed by atoms with Crippen LogP contribution in [0.3, 0.4) is 0 Å². The molecule has 134 valence electrons. The summed E-state index contributed by atoms with van der Waals surface area (Å²) in [5, 5.41) is 10.4. The molecule has 0 aliphatic heterocycles. The first-order chi connectivity index (χ1) is 12.4. The van der Waals surface area contributed by atoms with E-state index in [1.807, 2.05) is 0 Å². The smallest absolute Gasteiger partial charge is 0.339 e. The van der Waals surface area contributed by atoms with E-state index < -0.39 is 23.4 Å². The van der Waals surface area contributed by atoms with E-state index in [0.717, 1.165) is 0 Å². The van der Waals surface area contributed by atoms with Crippen molar-refractivity contribution in [3.8, 4) is 5.88 Å². The third-order valence-electron chi connectivity index (χ3n) is 4.08. The number of Topliss-reactive ketones (excluding diaryl/α,β-unsaturated/α-hetero) is 1. The number of fused-ring (bicyclic) bond motifs is 1. The van der Waals surface area contributed by atoms with Crippen molar-refractivity contribution in [1.82, 2.24) is 4.98 Å². The Balaban J connectivity index is 2.13. The number of carbonyl (C=O) groups excluding carboxylic acids is 1. The summed E-state index contributed by atoms with van der Waals surface area (Å²) in [7, 11) is 1.21. The number of nitrogens with two attached hydrogens (primary N) is 1. The fourth-order valence-corrected chi connectivity index (χ4v) is 2.72. The summed E-state index contributed by atoms with van der Waals surface area (Å²) in [6, 6.07) is 13.8. The molecule has 3 N–H and O–H groups in total. The Morgan fingerprint density at radius 1 is 1.15 bits per heavy atom. The number of aliphatic hydroxyl groups is 1. The second-order valence-corrected chi connectivity index (χ2v) is 5.69. The number of hydrogen-bond acceptors (Lipinski definition) is 5. The first kappa shape index (κ1) is 17.8. The van der Waals surface area contributed by atoms with Crippen LogP contribution in [0.2, 0.25) is 0 Å². The van der Waals surface area contributed by atoms with Crippen LogP contribution in [-0.2, 0) is 0 Å². The lowest BCUT2D eigenvalue weighted by Gasteiger charge is -2.23. The van der Waals surface area contributed by atoms with Gasteiger partial charge in [0.2, 0.25) is 11.7 Å². The van der Waals surface area contributed by atoms with Crippen molar-refractivity contribution < 1.29 is 23.4 Å². The minimum Gasteiger partial charge on any atom is -0.480 e. The van der Waals surface area contributed by atoms with Crippen molar-refractivity contribution >= 4 is 22.4 Å². The first-order valence-electron chi connectivity index (χ1n) is 7.75. The Morgan fingerprint density at radius 3 is 2.42 bits per heavy atom. The molecule has 1 atom stereocenters. The van der Waals surface area contributed by atoms with Gasteiger partial charge in [-0.25, -0.2) is 4.98 Å². The van der Waals surface area contributed by atoms with Crippen LogP contribution >= 0.6 is 0 Å². The number of aliphatic hydroxyl groups excluding tert-OH is 1. The van der Waals surface area contributed by atoms with Crippen LogP contribution in [-0.4, -0.2) is 28.9 Å². The molecule has 0 amide bonds. The van der Waals surface area contributed by atoms with Crippen molar-refractivity contribution in [1.29, 1.82) is 0 Å². The number of para-hydroxylation sites is 1. The van der Waals surface area contributed by atoms with Gasteiger partial charge in [0.15, 0.2) is 6.10 Å². The first-order valence-corrected chi connectivity index (χ1v) is 7.75. The predicted octanol–water partition coefficient (Wildman–Crippen LogP) is 3.38. The van der Waals surface area contributed by atoms with Crippen LogP contribution in [0.25, 0.3) is 10.9 Å². The molecule has 0 aliphatic rings. The molecule has 3 rings (SSSR count). The van der Waals surface area contributed by atoms with Crippen LogP contribution < -0.4 is 10.5 Å². The molecule has 0 spiro atoms. The molecule has 7 heteroatoms. The fraction of sp³-hybridized carbons (Fsp3) is 0.158. The molecule has 0 bridgehead atoms. The Labute approximate surface area is 148 Å². The van der Waals surface area contributed by atoms with Crippen LogP contribution in [0.4, 0.5) is 14.5 Å². The van der Waals surface area contributed by atoms with Gasteiger partial charge in [-0.1, -0.05) is 48.5 Å². The van der Waals surface area contributed by atoms with E-state index in [1.165, 1.54) is 31.4 Å². The van der Waals surface area contributed by atoms with E-state index in [4.69, 9.17) is 10.5 Å². The summed E-state index contributed by atoms with van der Waals surface area (Å²) in [6.45, 7) is 0. The average molecular weight is 358 g/mol. The third-order valence-corrected chi connectivity index (χ3v) is 4.08. The second-order valence-electron chi connectivity index (χ2n) is 5.69. The highest BCUT2D eigenvalue weighted by atomic mass is 19.3. The SMILES string of the molecule is COc1nc2ccccc2c(N)c1C(=O)C(F)(F)C(O)c1ccccc1. The van der Waals surface area contributed by atoms with E-state index in [0.29, 0.717) is 10.9 Å². The maximum Gasteiger partial charge on any atom is 0.339 e. The number of rotatable bonds is 5. The highest BCUT2D eigenvalue weighted by Gasteiger charge is 2.49. The minimum atomic E-state index is -4.12. The largest absolute Gasteiger partial charge is 0.480 e. The Morgan fingerprint density at radius 2 is 1.77 bits per heavy atom. The number of ketones is 1. The van der Waals surface area contributed by atoms with Crippen molar-refractivity contribution in [2.45, 2.75) is 12.0 Å². The number of aromatic nitrogens is 1. The summed E-state index contributed by atoms with van der Waals surface area (Å²) in [5.41, 5.74) is 5.58. The number of benzene rings is 2. The van der Waals surface area contributed by atoms with Gasteiger partial charge in [0, 0.05) is 5.39 Å². The minimum absolute atomic E-state index is 0.0860. The highest BCUT2D eigenvalue weighted by molar-refractivity contribution is 6.12. The number of halogens is 2. The van der Waals surface area contributed by atoms with Gasteiger partial charge in [0.1, 0.15) is 5.56 Å². The molecule has 26 heavy (non-hydrogen) atoms. The lowest BCUT2D eigenvalue weighted by atomic mass is 9.95. The predicted molar refractivity (Wildman–Crippen MR) is 93.4 cm³/mol. The van der Waals surface area contributed by atoms with Gasteiger partial charge in [-0.3, -0.25) is 4.79 Å². The Bertz CT molecular complexity index is 962. The third kappa shape index (κ3) is 2.86. The van der Waals surface area contributed by atoms with Crippen LogP contribution in [0.5, 0.6) is 5.88 Å². The molecule has 3 aromatic rings. The normalized spacial score (nSPS) is 12.8. The molecule has 5 nitrogen and oxygen atoms in total. The van der Waals surface area contributed by atoms with Gasteiger partial charge in [0.25, 0.3) is 0 Å². The van der Waals surface area contributed by atoms with E-state index >= 15 is 0 Å². The maximum atomic E-state index is 14.7. The van der Waals surface area contributed by atoms with Gasteiger partial charge < -0.3 is 15.6 Å². The molecule has 1 unspecified atom stereocenters. The topological polar surface area (TPSA) is 85.4 Å². The van der Waals surface area contributed by atoms with E-state index in [9.17, 15) is 18.7 Å². The van der Waals surface area contributed by atoms with Crippen LogP contribution in [0.15, 0.2) is 54.6 Å². The molecule has 1 heterocycles. The molecular formula is C19H16F2N2O3. The van der Waals surface area contributed by atoms with E-state index in [-0.39, 0.29) is 17.1 Å². The number of alkyl halides is 2. The Kier molecular flexibility index (Phi) is 4.56. The monoisotopic (exact) mass is 358 g/mol. The molecule has 0 radical (unpaired) electrons. The quantitative estimate of drug-likeness (QED) is 0.683. The summed E-state index contributed by atoms with van der Waals surface area (Å²) in [4.78, 5) is 16.7. The van der Waals surface area contributed by atoms with Crippen molar-refractivity contribution in [2.75, 3.05) is 12.8 Å². The molecule has 0 fully saturated rings. The molecule has 0 saturated heterocycles. The lowest BCUT2D eigenvalue weighted by molar-refractivity contribution is -0.0793. The lowest BCUT2D eigenvalue weighted by Crippen LogP contribution is -2.36. The van der Waals surface area contributed by atoms with Gasteiger partial charge >= 0.3 is 5.92 Å². The summed E-state index contributed by atoms with van der Waals surface area (Å²) >= 11 is 0. The van der Waals surface area contributed by atoms with Crippen LogP contribution in [0.1, 0.15) is 22.0 Å². The number of hydrogen-bond donors (Lipinski definition) is 2. The van der Waals surface area contributed by atoms with Gasteiger partial charge in [-0.15, -0.1) is 0 Å². The number of ether oxygens (including phenoxy) is 1. The van der Waals surface area contributed by atoms with Gasteiger partial charge in [-0.05, 0) is 11.6 Å². The zero-order valence-corrected chi connectivity index (χ0v) is 13.8. The maximum absolute atomic E-state index is 14.7. The van der Waals surface area contributed by atoms with Crippen molar-refractivity contribution in [2.24, 2.45) is 0 Å². The summed E-state index contributed by atoms with van der Waals surface area (Å²) in [5.74, 6) is -6.08. The van der Waals surface area contributed by atoms with E-state index in [2.05, 4.69) is 4.98 Å². The highest BCUT2D eigenvalue weighted by Crippen LogP contribution is 2.39. The number of anilines is 1. The molecule has 1 aromatic heterocycles. The summed E-state index contributed by atoms with van der Waals surface area (Å²) in [6.07, 6.45) is -2.33. The molecule has 2 aromatic carbocycles. The fourth-order valence-electron chi connectivity index (χ4n) is 2.72. The Hall–Kier alpha value is -3.06.